The van der Waals surface area contributed by atoms with Crippen molar-refractivity contribution < 1.29 is 14.4 Å². The fraction of sp³-hybridized carbons (Fsp3) is 0.500. The van der Waals surface area contributed by atoms with Gasteiger partial charge in [-0.05, 0) is 74.3 Å². The second-order valence-electron chi connectivity index (χ2n) is 9.33. The number of primary amides is 2. The Labute approximate surface area is 174 Å². The van der Waals surface area contributed by atoms with E-state index in [1.165, 1.54) is 25.7 Å². The third-order valence-electron chi connectivity index (χ3n) is 7.34. The van der Waals surface area contributed by atoms with Crippen molar-refractivity contribution in [3.63, 3.8) is 0 Å². The normalized spacial score (nSPS) is 29.5. The molecule has 4 amide bonds. The first-order valence-electron chi connectivity index (χ1n) is 10.7. The van der Waals surface area contributed by atoms with Crippen LogP contribution in [0.25, 0.3) is 10.9 Å². The average Bonchev–Trinajstić information content (AvgIpc) is 3.12. The first kappa shape index (κ1) is 19.0. The van der Waals surface area contributed by atoms with Crippen LogP contribution in [0.3, 0.4) is 0 Å². The monoisotopic (exact) mass is 409 g/mol. The molecule has 3 fully saturated rings. The van der Waals surface area contributed by atoms with Gasteiger partial charge < -0.3 is 21.8 Å². The number of benzene rings is 1. The van der Waals surface area contributed by atoms with E-state index in [2.05, 4.69) is 15.6 Å². The van der Waals surface area contributed by atoms with Crippen LogP contribution in [0.4, 0.5) is 10.6 Å². The summed E-state index contributed by atoms with van der Waals surface area (Å²) in [6.07, 6.45) is 7.50. The first-order chi connectivity index (χ1) is 14.4. The lowest BCUT2D eigenvalue weighted by molar-refractivity contribution is 0.0923. The van der Waals surface area contributed by atoms with E-state index in [1.807, 2.05) is 0 Å². The lowest BCUT2D eigenvalue weighted by atomic mass is 9.79. The zero-order valence-electron chi connectivity index (χ0n) is 16.7. The molecule has 8 heteroatoms. The minimum atomic E-state index is -0.807. The van der Waals surface area contributed by atoms with Crippen LogP contribution < -0.4 is 22.1 Å². The fourth-order valence-electron chi connectivity index (χ4n) is 6.36. The minimum Gasteiger partial charge on any atom is -0.365 e. The molecular formula is C22H27N5O3. The highest BCUT2D eigenvalue weighted by Gasteiger charge is 2.44. The van der Waals surface area contributed by atoms with Crippen LogP contribution in [0.5, 0.6) is 0 Å². The SMILES string of the molecule is NC(=O)Nc1[nH]c2cc(C(=O)NC3CC4CC5CC(C4)C(C5)C3)ccc2c1C(N)=O. The van der Waals surface area contributed by atoms with Crippen molar-refractivity contribution in [3.05, 3.63) is 29.3 Å². The number of aromatic nitrogens is 1. The Morgan fingerprint density at radius 2 is 1.63 bits per heavy atom. The molecule has 7 N–H and O–H groups in total. The zero-order valence-corrected chi connectivity index (χ0v) is 16.7. The van der Waals surface area contributed by atoms with Crippen LogP contribution in [0.2, 0.25) is 0 Å². The molecule has 0 aliphatic heterocycles. The van der Waals surface area contributed by atoms with Crippen molar-refractivity contribution in [3.8, 4) is 0 Å². The summed E-state index contributed by atoms with van der Waals surface area (Å²) >= 11 is 0. The Morgan fingerprint density at radius 3 is 2.33 bits per heavy atom. The van der Waals surface area contributed by atoms with Gasteiger partial charge in [-0.25, -0.2) is 4.79 Å². The molecule has 30 heavy (non-hydrogen) atoms. The number of hydrogen-bond donors (Lipinski definition) is 5. The summed E-state index contributed by atoms with van der Waals surface area (Å²) in [5, 5.41) is 6.16. The van der Waals surface area contributed by atoms with Crippen LogP contribution in [0, 0.1) is 23.7 Å². The molecule has 5 rings (SSSR count). The maximum absolute atomic E-state index is 13.0. The van der Waals surface area contributed by atoms with Crippen molar-refractivity contribution >= 4 is 34.6 Å². The third-order valence-corrected chi connectivity index (χ3v) is 7.34. The van der Waals surface area contributed by atoms with Gasteiger partial charge in [-0.1, -0.05) is 6.07 Å². The van der Waals surface area contributed by atoms with Gasteiger partial charge >= 0.3 is 6.03 Å². The van der Waals surface area contributed by atoms with E-state index >= 15 is 0 Å². The van der Waals surface area contributed by atoms with E-state index in [9.17, 15) is 14.4 Å². The van der Waals surface area contributed by atoms with Crippen molar-refractivity contribution in [2.45, 2.75) is 44.6 Å². The molecule has 3 bridgehead atoms. The molecule has 1 aromatic carbocycles. The number of nitrogens with two attached hydrogens (primary N) is 2. The molecule has 1 aromatic heterocycles. The summed E-state index contributed by atoms with van der Waals surface area (Å²) in [5.74, 6) is 2.58. The van der Waals surface area contributed by atoms with Gasteiger partial charge in [0.25, 0.3) is 11.8 Å². The van der Waals surface area contributed by atoms with Gasteiger partial charge in [0.2, 0.25) is 0 Å². The summed E-state index contributed by atoms with van der Waals surface area (Å²) in [4.78, 5) is 39.0. The quantitative estimate of drug-likeness (QED) is 0.529. The average molecular weight is 409 g/mol. The number of rotatable bonds is 4. The number of aromatic amines is 1. The molecular weight excluding hydrogens is 382 g/mol. The van der Waals surface area contributed by atoms with Gasteiger partial charge in [0.15, 0.2) is 0 Å². The summed E-state index contributed by atoms with van der Waals surface area (Å²) in [6.45, 7) is 0. The van der Waals surface area contributed by atoms with Gasteiger partial charge in [-0.15, -0.1) is 0 Å². The van der Waals surface area contributed by atoms with Gasteiger partial charge in [-0.2, -0.15) is 0 Å². The summed E-state index contributed by atoms with van der Waals surface area (Å²) in [5.41, 5.74) is 11.8. The largest absolute Gasteiger partial charge is 0.365 e. The Balaban J connectivity index is 1.37. The van der Waals surface area contributed by atoms with E-state index in [0.29, 0.717) is 16.5 Å². The Bertz CT molecular complexity index is 1040. The second kappa shape index (κ2) is 7.04. The maximum atomic E-state index is 13.0. The molecule has 0 saturated heterocycles. The smallest absolute Gasteiger partial charge is 0.317 e. The molecule has 1 heterocycles. The van der Waals surface area contributed by atoms with Gasteiger partial charge in [-0.3, -0.25) is 14.9 Å². The predicted octanol–water partition coefficient (Wildman–Crippen LogP) is 2.70. The number of fused-ring (bicyclic) bond motifs is 3. The van der Waals surface area contributed by atoms with Crippen LogP contribution in [0.1, 0.15) is 59.2 Å². The second-order valence-corrected chi connectivity index (χ2v) is 9.33. The molecule has 158 valence electrons. The molecule has 5 unspecified atom stereocenters. The molecule has 5 atom stereocenters. The summed E-state index contributed by atoms with van der Waals surface area (Å²) < 4.78 is 0. The number of nitrogens with one attached hydrogen (secondary N) is 3. The topological polar surface area (TPSA) is 143 Å². The molecule has 3 aliphatic rings. The van der Waals surface area contributed by atoms with Crippen molar-refractivity contribution in [2.24, 2.45) is 35.1 Å². The van der Waals surface area contributed by atoms with Crippen molar-refractivity contribution in [1.29, 1.82) is 0 Å². The highest BCUT2D eigenvalue weighted by atomic mass is 16.2. The number of urea groups is 1. The lowest BCUT2D eigenvalue weighted by Crippen LogP contribution is -2.37. The predicted molar refractivity (Wildman–Crippen MR) is 113 cm³/mol. The minimum absolute atomic E-state index is 0.117. The van der Waals surface area contributed by atoms with Gasteiger partial charge in [0, 0.05) is 22.5 Å². The fourth-order valence-corrected chi connectivity index (χ4v) is 6.36. The van der Waals surface area contributed by atoms with E-state index in [4.69, 9.17) is 11.5 Å². The summed E-state index contributed by atoms with van der Waals surface area (Å²) in [7, 11) is 0. The van der Waals surface area contributed by atoms with Crippen LogP contribution in [-0.4, -0.2) is 28.9 Å². The van der Waals surface area contributed by atoms with Crippen molar-refractivity contribution in [2.75, 3.05) is 5.32 Å². The number of anilines is 1. The highest BCUT2D eigenvalue weighted by molar-refractivity contribution is 6.13. The summed E-state index contributed by atoms with van der Waals surface area (Å²) in [6, 6.07) is 4.44. The van der Waals surface area contributed by atoms with Crippen LogP contribution in [-0.2, 0) is 0 Å². The Kier molecular flexibility index (Phi) is 4.45. The van der Waals surface area contributed by atoms with E-state index in [-0.39, 0.29) is 23.3 Å². The van der Waals surface area contributed by atoms with Crippen LogP contribution >= 0.6 is 0 Å². The van der Waals surface area contributed by atoms with Gasteiger partial charge in [0.1, 0.15) is 5.82 Å². The first-order valence-corrected chi connectivity index (χ1v) is 10.7. The lowest BCUT2D eigenvalue weighted by Gasteiger charge is -2.28. The number of hydrogen-bond acceptors (Lipinski definition) is 3. The van der Waals surface area contributed by atoms with Gasteiger partial charge in [0.05, 0.1) is 5.56 Å². The maximum Gasteiger partial charge on any atom is 0.317 e. The molecule has 0 spiro atoms. The molecule has 3 saturated carbocycles. The standard InChI is InChI=1S/C22H27N5O3/c23-19(28)18-16-2-1-12(9-17(16)26-20(18)27-22(24)30)21(29)25-15-7-11-3-10-4-13(6-11)14(5-10)8-15/h1-2,9-11,13-15,26H,3-8H2,(H2,23,28)(H,25,29)(H3,24,27,30). The third kappa shape index (κ3) is 3.30. The number of carbonyl (C=O) groups excluding carboxylic acids is 3. The van der Waals surface area contributed by atoms with Crippen LogP contribution in [0.15, 0.2) is 18.2 Å². The zero-order chi connectivity index (χ0) is 21.0. The Hall–Kier alpha value is -3.03. The van der Waals surface area contributed by atoms with E-state index < -0.39 is 11.9 Å². The number of carbonyl (C=O) groups is 3. The molecule has 3 aliphatic carbocycles. The Morgan fingerprint density at radius 1 is 0.933 bits per heavy atom. The molecule has 8 nitrogen and oxygen atoms in total. The highest BCUT2D eigenvalue weighted by Crippen LogP contribution is 2.53. The molecule has 0 radical (unpaired) electrons. The number of amides is 4. The van der Waals surface area contributed by atoms with Crippen molar-refractivity contribution in [1.82, 2.24) is 10.3 Å². The van der Waals surface area contributed by atoms with E-state index in [1.54, 1.807) is 18.2 Å². The molecule has 2 aromatic rings. The number of H-pyrrole nitrogens is 1. The van der Waals surface area contributed by atoms with E-state index in [0.717, 1.165) is 36.5 Å².